The molecule has 0 radical (unpaired) electrons. The van der Waals surface area contributed by atoms with Crippen molar-refractivity contribution in [1.82, 2.24) is 0 Å². The lowest BCUT2D eigenvalue weighted by Crippen LogP contribution is -1.93. The highest BCUT2D eigenvalue weighted by atomic mass is 16.4. The number of carbonyl (C=O) groups is 2. The number of carboxylic acids is 2. The Labute approximate surface area is 127 Å². The van der Waals surface area contributed by atoms with E-state index in [1.807, 2.05) is 6.08 Å². The molecule has 0 fully saturated rings. The molecule has 0 rings (SSSR count). The Bertz CT molecular complexity index is 332. The van der Waals surface area contributed by atoms with E-state index in [4.69, 9.17) is 10.2 Å². The molecule has 0 saturated carbocycles. The molecule has 0 heterocycles. The zero-order valence-electron chi connectivity index (χ0n) is 12.8. The van der Waals surface area contributed by atoms with Crippen LogP contribution in [-0.4, -0.2) is 22.2 Å². The van der Waals surface area contributed by atoms with Gasteiger partial charge in [-0.2, -0.15) is 0 Å². The molecule has 0 spiro atoms. The van der Waals surface area contributed by atoms with Crippen molar-refractivity contribution in [2.75, 3.05) is 0 Å². The monoisotopic (exact) mass is 296 g/mol. The van der Waals surface area contributed by atoms with Crippen molar-refractivity contribution in [2.24, 2.45) is 0 Å². The van der Waals surface area contributed by atoms with E-state index in [0.29, 0.717) is 6.42 Å². The molecule has 0 atom stereocenters. The van der Waals surface area contributed by atoms with Crippen molar-refractivity contribution in [3.05, 3.63) is 24.3 Å². The number of rotatable bonds is 14. The standard InChI is InChI=1S/C17H28O4/c18-16(19)14-12-10-8-6-4-2-1-3-5-7-9-11-13-15-17(20)21/h8,10,12,14H,1-7,9,11,13,15H2,(H,18,19)(H,20,21)/b10-8+,14-12+. The van der Waals surface area contributed by atoms with E-state index in [1.54, 1.807) is 12.2 Å². The summed E-state index contributed by atoms with van der Waals surface area (Å²) in [5.41, 5.74) is 0. The Hall–Kier alpha value is -1.58. The lowest BCUT2D eigenvalue weighted by Gasteiger charge is -2.01. The summed E-state index contributed by atoms with van der Waals surface area (Å²) in [5, 5.41) is 16.9. The van der Waals surface area contributed by atoms with Crippen molar-refractivity contribution in [3.63, 3.8) is 0 Å². The lowest BCUT2D eigenvalue weighted by molar-refractivity contribution is -0.137. The van der Waals surface area contributed by atoms with Crippen LogP contribution in [0.25, 0.3) is 0 Å². The number of hydrogen-bond donors (Lipinski definition) is 2. The third-order valence-electron chi connectivity index (χ3n) is 3.25. The van der Waals surface area contributed by atoms with E-state index in [9.17, 15) is 9.59 Å². The largest absolute Gasteiger partial charge is 0.481 e. The number of carboxylic acid groups (broad SMARTS) is 2. The van der Waals surface area contributed by atoms with Gasteiger partial charge in [0.15, 0.2) is 0 Å². The summed E-state index contributed by atoms with van der Waals surface area (Å²) in [6.45, 7) is 0. The van der Waals surface area contributed by atoms with Crippen LogP contribution in [0.1, 0.15) is 70.6 Å². The molecule has 0 aromatic carbocycles. The van der Waals surface area contributed by atoms with Crippen molar-refractivity contribution in [3.8, 4) is 0 Å². The van der Waals surface area contributed by atoms with E-state index in [1.165, 1.54) is 32.1 Å². The molecule has 0 aliphatic carbocycles. The third kappa shape index (κ3) is 18.4. The number of hydrogen-bond acceptors (Lipinski definition) is 2. The molecule has 0 saturated heterocycles. The summed E-state index contributed by atoms with van der Waals surface area (Å²) in [6.07, 6.45) is 18.0. The van der Waals surface area contributed by atoms with Crippen LogP contribution < -0.4 is 0 Å². The SMILES string of the molecule is O=C(O)/C=C/C=C/CCCCCCCCCCCC(=O)O. The van der Waals surface area contributed by atoms with Gasteiger partial charge in [0.2, 0.25) is 0 Å². The fourth-order valence-corrected chi connectivity index (χ4v) is 2.09. The van der Waals surface area contributed by atoms with Gasteiger partial charge in [0.1, 0.15) is 0 Å². The smallest absolute Gasteiger partial charge is 0.328 e. The summed E-state index contributed by atoms with van der Waals surface area (Å²) in [4.78, 5) is 20.5. The summed E-state index contributed by atoms with van der Waals surface area (Å²) < 4.78 is 0. The molecule has 120 valence electrons. The lowest BCUT2D eigenvalue weighted by atomic mass is 10.1. The first-order valence-corrected chi connectivity index (χ1v) is 7.91. The van der Waals surface area contributed by atoms with Crippen LogP contribution in [0.15, 0.2) is 24.3 Å². The molecular weight excluding hydrogens is 268 g/mol. The van der Waals surface area contributed by atoms with Gasteiger partial charge in [0.05, 0.1) is 0 Å². The summed E-state index contributed by atoms with van der Waals surface area (Å²) in [6, 6.07) is 0. The second-order valence-corrected chi connectivity index (χ2v) is 5.24. The first kappa shape index (κ1) is 19.4. The Morgan fingerprint density at radius 1 is 0.714 bits per heavy atom. The van der Waals surface area contributed by atoms with E-state index in [2.05, 4.69) is 0 Å². The topological polar surface area (TPSA) is 74.6 Å². The first-order valence-electron chi connectivity index (χ1n) is 7.91. The minimum Gasteiger partial charge on any atom is -0.481 e. The van der Waals surface area contributed by atoms with Gasteiger partial charge in [-0.25, -0.2) is 4.79 Å². The number of aliphatic carboxylic acids is 2. The van der Waals surface area contributed by atoms with Crippen molar-refractivity contribution in [2.45, 2.75) is 70.6 Å². The van der Waals surface area contributed by atoms with Crippen LogP contribution in [0.5, 0.6) is 0 Å². The Kier molecular flexibility index (Phi) is 13.7. The molecule has 0 aromatic rings. The van der Waals surface area contributed by atoms with E-state index in [0.717, 1.165) is 38.2 Å². The van der Waals surface area contributed by atoms with Gasteiger partial charge in [-0.1, -0.05) is 63.2 Å². The third-order valence-corrected chi connectivity index (χ3v) is 3.25. The quantitative estimate of drug-likeness (QED) is 0.280. The maximum absolute atomic E-state index is 10.3. The molecule has 0 amide bonds. The summed E-state index contributed by atoms with van der Waals surface area (Å²) in [7, 11) is 0. The minimum atomic E-state index is -0.914. The van der Waals surface area contributed by atoms with Crippen LogP contribution in [0.2, 0.25) is 0 Å². The second kappa shape index (κ2) is 14.8. The molecule has 0 aliphatic heterocycles. The zero-order valence-corrected chi connectivity index (χ0v) is 12.8. The highest BCUT2D eigenvalue weighted by molar-refractivity contribution is 5.80. The van der Waals surface area contributed by atoms with Gasteiger partial charge in [-0.3, -0.25) is 4.79 Å². The molecule has 0 unspecified atom stereocenters. The van der Waals surface area contributed by atoms with Gasteiger partial charge in [0, 0.05) is 12.5 Å². The van der Waals surface area contributed by atoms with E-state index in [-0.39, 0.29) is 0 Å². The minimum absolute atomic E-state index is 0.301. The fourth-order valence-electron chi connectivity index (χ4n) is 2.09. The Morgan fingerprint density at radius 3 is 1.76 bits per heavy atom. The van der Waals surface area contributed by atoms with Crippen LogP contribution >= 0.6 is 0 Å². The zero-order chi connectivity index (χ0) is 15.8. The van der Waals surface area contributed by atoms with Crippen LogP contribution in [0.3, 0.4) is 0 Å². The summed E-state index contributed by atoms with van der Waals surface area (Å²) in [5.74, 6) is -1.61. The Balaban J connectivity index is 3.15. The predicted octanol–water partition coefficient (Wildman–Crippen LogP) is 4.56. The fraction of sp³-hybridized carbons (Fsp3) is 0.647. The number of unbranched alkanes of at least 4 members (excludes halogenated alkanes) is 9. The van der Waals surface area contributed by atoms with Crippen molar-refractivity contribution in [1.29, 1.82) is 0 Å². The van der Waals surface area contributed by atoms with Crippen LogP contribution in [-0.2, 0) is 9.59 Å². The molecule has 4 nitrogen and oxygen atoms in total. The highest BCUT2D eigenvalue weighted by Crippen LogP contribution is 2.11. The summed E-state index contributed by atoms with van der Waals surface area (Å²) >= 11 is 0. The second-order valence-electron chi connectivity index (χ2n) is 5.24. The van der Waals surface area contributed by atoms with Gasteiger partial charge >= 0.3 is 11.9 Å². The predicted molar refractivity (Wildman–Crippen MR) is 84.3 cm³/mol. The van der Waals surface area contributed by atoms with Gasteiger partial charge in [-0.05, 0) is 19.3 Å². The normalized spacial score (nSPS) is 11.4. The van der Waals surface area contributed by atoms with Gasteiger partial charge in [-0.15, -0.1) is 0 Å². The van der Waals surface area contributed by atoms with Crippen LogP contribution in [0.4, 0.5) is 0 Å². The van der Waals surface area contributed by atoms with Gasteiger partial charge < -0.3 is 10.2 Å². The molecule has 21 heavy (non-hydrogen) atoms. The Morgan fingerprint density at radius 2 is 1.24 bits per heavy atom. The molecule has 0 bridgehead atoms. The first-order chi connectivity index (χ1) is 10.1. The van der Waals surface area contributed by atoms with E-state index >= 15 is 0 Å². The molecule has 4 heteroatoms. The molecular formula is C17H28O4. The molecule has 2 N–H and O–H groups in total. The van der Waals surface area contributed by atoms with Crippen LogP contribution in [0, 0.1) is 0 Å². The average Bonchev–Trinajstić information content (AvgIpc) is 2.42. The molecule has 0 aromatic heterocycles. The number of allylic oxidation sites excluding steroid dienone is 3. The average molecular weight is 296 g/mol. The van der Waals surface area contributed by atoms with Crippen molar-refractivity contribution < 1.29 is 19.8 Å². The maximum Gasteiger partial charge on any atom is 0.328 e. The highest BCUT2D eigenvalue weighted by Gasteiger charge is 1.96. The van der Waals surface area contributed by atoms with E-state index < -0.39 is 11.9 Å². The maximum atomic E-state index is 10.3. The molecule has 0 aliphatic rings. The van der Waals surface area contributed by atoms with Gasteiger partial charge in [0.25, 0.3) is 0 Å². The van der Waals surface area contributed by atoms with Crippen molar-refractivity contribution >= 4 is 11.9 Å².